The molecule has 0 saturated heterocycles. The molecule has 0 spiro atoms. The van der Waals surface area contributed by atoms with E-state index in [1.807, 2.05) is 0 Å². The van der Waals surface area contributed by atoms with Crippen molar-refractivity contribution in [3.05, 3.63) is 46.3 Å². The molecule has 0 fully saturated rings. The van der Waals surface area contributed by atoms with Gasteiger partial charge in [0.05, 0.1) is 12.1 Å². The largest absolute Gasteiger partial charge is 0.479 e. The minimum Gasteiger partial charge on any atom is -0.479 e. The maximum atomic E-state index is 11.5. The van der Waals surface area contributed by atoms with Crippen molar-refractivity contribution in [3.8, 4) is 0 Å². The molecule has 1 unspecified atom stereocenters. The molecule has 0 saturated carbocycles. The number of aliphatic carboxylic acids is 1. The van der Waals surface area contributed by atoms with E-state index in [0.29, 0.717) is 0 Å². The Bertz CT molecular complexity index is 454. The van der Waals surface area contributed by atoms with Crippen molar-refractivity contribution in [1.82, 2.24) is 0 Å². The van der Waals surface area contributed by atoms with Gasteiger partial charge in [-0.2, -0.15) is 0 Å². The Morgan fingerprint density at radius 3 is 2.59 bits per heavy atom. The van der Waals surface area contributed by atoms with Crippen LogP contribution in [0.25, 0.3) is 10.4 Å². The van der Waals surface area contributed by atoms with Gasteiger partial charge in [-0.05, 0) is 17.7 Å². The molecular formula is C10H9N3O4. The van der Waals surface area contributed by atoms with Crippen LogP contribution in [0.4, 0.5) is 0 Å². The number of carbonyl (C=O) groups excluding carboxylic acids is 1. The first kappa shape index (κ1) is 12.5. The molecule has 88 valence electrons. The van der Waals surface area contributed by atoms with E-state index in [0.717, 1.165) is 0 Å². The SMILES string of the molecule is [N-]=[N+]=NCC(OC(=O)c1ccccc1)C(=O)O. The molecule has 1 atom stereocenters. The van der Waals surface area contributed by atoms with Crippen LogP contribution in [0.1, 0.15) is 10.4 Å². The van der Waals surface area contributed by atoms with E-state index >= 15 is 0 Å². The van der Waals surface area contributed by atoms with Gasteiger partial charge in [0, 0.05) is 4.91 Å². The van der Waals surface area contributed by atoms with Crippen LogP contribution in [0.5, 0.6) is 0 Å². The topological polar surface area (TPSA) is 112 Å². The molecule has 0 radical (unpaired) electrons. The van der Waals surface area contributed by atoms with Crippen LogP contribution in [0.3, 0.4) is 0 Å². The molecule has 7 nitrogen and oxygen atoms in total. The molecule has 0 bridgehead atoms. The monoisotopic (exact) mass is 235 g/mol. The summed E-state index contributed by atoms with van der Waals surface area (Å²) in [7, 11) is 0. The highest BCUT2D eigenvalue weighted by Gasteiger charge is 2.21. The molecular weight excluding hydrogens is 226 g/mol. The Hall–Kier alpha value is -2.53. The van der Waals surface area contributed by atoms with E-state index < -0.39 is 24.6 Å². The second kappa shape index (κ2) is 6.14. The van der Waals surface area contributed by atoms with Crippen molar-refractivity contribution in [2.24, 2.45) is 5.11 Å². The Balaban J connectivity index is 2.71. The second-order valence-electron chi connectivity index (χ2n) is 3.01. The summed E-state index contributed by atoms with van der Waals surface area (Å²) in [5.74, 6) is -2.13. The minimum absolute atomic E-state index is 0.236. The van der Waals surface area contributed by atoms with Crippen LogP contribution >= 0.6 is 0 Å². The molecule has 0 aliphatic carbocycles. The van der Waals surface area contributed by atoms with E-state index in [1.165, 1.54) is 12.1 Å². The van der Waals surface area contributed by atoms with E-state index in [9.17, 15) is 9.59 Å². The van der Waals surface area contributed by atoms with E-state index in [4.69, 9.17) is 15.4 Å². The highest BCUT2D eigenvalue weighted by Crippen LogP contribution is 2.04. The lowest BCUT2D eigenvalue weighted by Crippen LogP contribution is -2.29. The molecule has 17 heavy (non-hydrogen) atoms. The van der Waals surface area contributed by atoms with Crippen molar-refractivity contribution in [3.63, 3.8) is 0 Å². The summed E-state index contributed by atoms with van der Waals surface area (Å²) in [6.45, 7) is -0.440. The lowest BCUT2D eigenvalue weighted by atomic mass is 10.2. The number of rotatable bonds is 5. The summed E-state index contributed by atoms with van der Waals surface area (Å²) in [5, 5.41) is 11.8. The van der Waals surface area contributed by atoms with Crippen LogP contribution in [0, 0.1) is 0 Å². The lowest BCUT2D eigenvalue weighted by molar-refractivity contribution is -0.146. The molecule has 0 amide bonds. The molecule has 1 aromatic rings. The number of azide groups is 1. The fourth-order valence-electron chi connectivity index (χ4n) is 1.05. The van der Waals surface area contributed by atoms with Crippen molar-refractivity contribution < 1.29 is 19.4 Å². The predicted molar refractivity (Wildman–Crippen MR) is 57.3 cm³/mol. The van der Waals surface area contributed by atoms with Gasteiger partial charge >= 0.3 is 11.9 Å². The summed E-state index contributed by atoms with van der Waals surface area (Å²) in [6, 6.07) is 7.95. The number of nitrogens with zero attached hydrogens (tertiary/aromatic N) is 3. The average molecular weight is 235 g/mol. The highest BCUT2D eigenvalue weighted by molar-refractivity contribution is 5.91. The van der Waals surface area contributed by atoms with Crippen molar-refractivity contribution in [2.45, 2.75) is 6.10 Å². The summed E-state index contributed by atoms with van der Waals surface area (Å²) in [6.07, 6.45) is -1.47. The third-order valence-corrected chi connectivity index (χ3v) is 1.84. The van der Waals surface area contributed by atoms with Crippen LogP contribution in [-0.4, -0.2) is 29.7 Å². The summed E-state index contributed by atoms with van der Waals surface area (Å²) in [4.78, 5) is 24.6. The summed E-state index contributed by atoms with van der Waals surface area (Å²) < 4.78 is 4.70. The second-order valence-corrected chi connectivity index (χ2v) is 3.01. The molecule has 0 aromatic heterocycles. The first-order valence-electron chi connectivity index (χ1n) is 4.65. The zero-order valence-electron chi connectivity index (χ0n) is 8.68. The molecule has 0 aliphatic rings. The standard InChI is InChI=1S/C10H9N3O4/c11-13-12-6-8(9(14)15)17-10(16)7-4-2-1-3-5-7/h1-5,8H,6H2,(H,14,15). The quantitative estimate of drug-likeness (QED) is 0.361. The van der Waals surface area contributed by atoms with Gasteiger partial charge < -0.3 is 9.84 Å². The molecule has 1 rings (SSSR count). The maximum Gasteiger partial charge on any atom is 0.345 e. The fourth-order valence-corrected chi connectivity index (χ4v) is 1.05. The van der Waals surface area contributed by atoms with Gasteiger partial charge in [0.25, 0.3) is 0 Å². The third-order valence-electron chi connectivity index (χ3n) is 1.84. The number of hydrogen-bond donors (Lipinski definition) is 1. The number of ether oxygens (including phenoxy) is 1. The number of hydrogen-bond acceptors (Lipinski definition) is 4. The number of esters is 1. The molecule has 1 N–H and O–H groups in total. The molecule has 0 aliphatic heterocycles. The first-order chi connectivity index (χ1) is 8.15. The Morgan fingerprint density at radius 2 is 2.06 bits per heavy atom. The van der Waals surface area contributed by atoms with Crippen molar-refractivity contribution in [1.29, 1.82) is 0 Å². The van der Waals surface area contributed by atoms with Crippen LogP contribution in [0.2, 0.25) is 0 Å². The van der Waals surface area contributed by atoms with Gasteiger partial charge in [0.15, 0.2) is 0 Å². The van der Waals surface area contributed by atoms with Gasteiger partial charge in [-0.15, -0.1) is 0 Å². The van der Waals surface area contributed by atoms with E-state index in [1.54, 1.807) is 18.2 Å². The van der Waals surface area contributed by atoms with Crippen molar-refractivity contribution >= 4 is 11.9 Å². The van der Waals surface area contributed by atoms with Gasteiger partial charge in [-0.25, -0.2) is 9.59 Å². The zero-order valence-corrected chi connectivity index (χ0v) is 8.68. The summed E-state index contributed by atoms with van der Waals surface area (Å²) >= 11 is 0. The van der Waals surface area contributed by atoms with Crippen LogP contribution in [-0.2, 0) is 9.53 Å². The van der Waals surface area contributed by atoms with Crippen LogP contribution < -0.4 is 0 Å². The fraction of sp³-hybridized carbons (Fsp3) is 0.200. The van der Waals surface area contributed by atoms with Crippen LogP contribution in [0.15, 0.2) is 35.4 Å². The number of benzene rings is 1. The van der Waals surface area contributed by atoms with Crippen molar-refractivity contribution in [2.75, 3.05) is 6.54 Å². The average Bonchev–Trinajstić information content (AvgIpc) is 2.35. The Morgan fingerprint density at radius 1 is 1.41 bits per heavy atom. The predicted octanol–water partition coefficient (Wildman–Crippen LogP) is 1.61. The molecule has 0 heterocycles. The van der Waals surface area contributed by atoms with Gasteiger partial charge in [0.1, 0.15) is 0 Å². The molecule has 1 aromatic carbocycles. The number of carbonyl (C=O) groups is 2. The molecule has 7 heteroatoms. The minimum atomic E-state index is -1.47. The highest BCUT2D eigenvalue weighted by atomic mass is 16.6. The Kier molecular flexibility index (Phi) is 4.53. The Labute approximate surface area is 96.3 Å². The number of carboxylic acid groups (broad SMARTS) is 1. The van der Waals surface area contributed by atoms with E-state index in [-0.39, 0.29) is 5.56 Å². The maximum absolute atomic E-state index is 11.5. The van der Waals surface area contributed by atoms with Gasteiger partial charge in [0.2, 0.25) is 6.10 Å². The zero-order chi connectivity index (χ0) is 12.7. The van der Waals surface area contributed by atoms with Gasteiger partial charge in [-0.3, -0.25) is 0 Å². The third kappa shape index (κ3) is 3.84. The normalized spacial score (nSPS) is 11.1. The lowest BCUT2D eigenvalue weighted by Gasteiger charge is -2.10. The first-order valence-corrected chi connectivity index (χ1v) is 4.65. The summed E-state index contributed by atoms with van der Waals surface area (Å²) in [5.41, 5.74) is 8.31. The smallest absolute Gasteiger partial charge is 0.345 e. The van der Waals surface area contributed by atoms with Gasteiger partial charge in [-0.1, -0.05) is 23.3 Å². The number of carboxylic acids is 1. The van der Waals surface area contributed by atoms with E-state index in [2.05, 4.69) is 10.0 Å².